The first-order valence-electron chi connectivity index (χ1n) is 11.2. The van der Waals surface area contributed by atoms with Gasteiger partial charge in [-0.15, -0.1) is 5.10 Å². The molecule has 2 aromatic carbocycles. The van der Waals surface area contributed by atoms with Crippen LogP contribution in [0.3, 0.4) is 0 Å². The Labute approximate surface area is 205 Å². The molecule has 5 rings (SSSR count). The van der Waals surface area contributed by atoms with Crippen molar-refractivity contribution in [3.05, 3.63) is 71.4 Å². The first-order valence-corrected chi connectivity index (χ1v) is 12.7. The molecule has 1 saturated heterocycles. The zero-order valence-electron chi connectivity index (χ0n) is 18.9. The fraction of sp³-hybridized carbons (Fsp3) is 0.333. The second-order valence-electron chi connectivity index (χ2n) is 8.46. The van der Waals surface area contributed by atoms with E-state index >= 15 is 0 Å². The minimum absolute atomic E-state index is 0.0421. The van der Waals surface area contributed by atoms with E-state index in [0.29, 0.717) is 42.9 Å². The molecule has 2 aliphatic rings. The Kier molecular flexibility index (Phi) is 6.47. The zero-order valence-corrected chi connectivity index (χ0v) is 19.7. The molecule has 1 N–H and O–H groups in total. The predicted molar refractivity (Wildman–Crippen MR) is 123 cm³/mol. The lowest BCUT2D eigenvalue weighted by Gasteiger charge is -2.29. The minimum atomic E-state index is -4.52. The first kappa shape index (κ1) is 24.3. The van der Waals surface area contributed by atoms with Crippen molar-refractivity contribution in [2.75, 3.05) is 24.5 Å². The molecule has 36 heavy (non-hydrogen) atoms. The van der Waals surface area contributed by atoms with Gasteiger partial charge in [0.05, 0.1) is 30.3 Å². The number of nitrogens with zero attached hydrogens (tertiary/aromatic N) is 2. The number of hydrogen-bond donors (Lipinski definition) is 1. The lowest BCUT2D eigenvalue weighted by Crippen LogP contribution is -2.21. The van der Waals surface area contributed by atoms with E-state index in [1.165, 1.54) is 30.5 Å². The molecular weight excluding hydrogens is 499 g/mol. The summed E-state index contributed by atoms with van der Waals surface area (Å²) in [7, 11) is -3.97. The van der Waals surface area contributed by atoms with E-state index in [-0.39, 0.29) is 35.1 Å². The highest BCUT2D eigenvalue weighted by Crippen LogP contribution is 2.44. The van der Waals surface area contributed by atoms with Gasteiger partial charge in [0.25, 0.3) is 10.0 Å². The molecule has 0 radical (unpaired) electrons. The van der Waals surface area contributed by atoms with Crippen molar-refractivity contribution in [1.29, 1.82) is 0 Å². The van der Waals surface area contributed by atoms with E-state index in [9.17, 15) is 21.6 Å². The predicted octanol–water partition coefficient (Wildman–Crippen LogP) is 4.38. The number of sulfonamides is 1. The topological polar surface area (TPSA) is 99.6 Å². The summed E-state index contributed by atoms with van der Waals surface area (Å²) < 4.78 is 85.4. The van der Waals surface area contributed by atoms with Crippen LogP contribution in [-0.2, 0) is 20.9 Å². The summed E-state index contributed by atoms with van der Waals surface area (Å²) >= 11 is 0. The largest absolute Gasteiger partial charge is 0.493 e. The molecule has 1 fully saturated rings. The summed E-state index contributed by atoms with van der Waals surface area (Å²) in [6.07, 6.45) is -2.37. The van der Waals surface area contributed by atoms with E-state index < -0.39 is 21.8 Å². The minimum Gasteiger partial charge on any atom is -0.493 e. The van der Waals surface area contributed by atoms with Crippen LogP contribution in [0.4, 0.5) is 19.0 Å². The molecule has 8 nitrogen and oxygen atoms in total. The van der Waals surface area contributed by atoms with E-state index in [4.69, 9.17) is 14.2 Å². The molecule has 2 aliphatic heterocycles. The van der Waals surface area contributed by atoms with Gasteiger partial charge in [-0.1, -0.05) is 12.1 Å². The van der Waals surface area contributed by atoms with Crippen molar-refractivity contribution in [3.63, 3.8) is 0 Å². The quantitative estimate of drug-likeness (QED) is 0.514. The normalized spacial score (nSPS) is 19.9. The SMILES string of the molecule is O=S(=O)(Nc1cccnn1)c1ccc2c(c1)OCCC2c1ccc(C(F)(F)F)cc1O[C@H]1CCOC1. The van der Waals surface area contributed by atoms with Crippen LogP contribution in [-0.4, -0.2) is 44.5 Å². The van der Waals surface area contributed by atoms with Crippen LogP contribution in [0, 0.1) is 0 Å². The van der Waals surface area contributed by atoms with E-state index in [1.807, 2.05) is 0 Å². The third-order valence-corrected chi connectivity index (χ3v) is 7.40. The van der Waals surface area contributed by atoms with Gasteiger partial charge >= 0.3 is 6.18 Å². The maximum atomic E-state index is 13.4. The van der Waals surface area contributed by atoms with Gasteiger partial charge in [-0.2, -0.15) is 18.3 Å². The van der Waals surface area contributed by atoms with Crippen molar-refractivity contribution in [2.24, 2.45) is 0 Å². The fourth-order valence-corrected chi connectivity index (χ4v) is 5.31. The molecule has 190 valence electrons. The van der Waals surface area contributed by atoms with Gasteiger partial charge in [0, 0.05) is 35.7 Å². The second kappa shape index (κ2) is 9.58. The molecule has 0 saturated carbocycles. The smallest absolute Gasteiger partial charge is 0.416 e. The van der Waals surface area contributed by atoms with Gasteiger partial charge in [0.15, 0.2) is 5.82 Å². The lowest BCUT2D eigenvalue weighted by molar-refractivity contribution is -0.137. The number of rotatable bonds is 6. The molecule has 0 amide bonds. The summed E-state index contributed by atoms with van der Waals surface area (Å²) in [4.78, 5) is -0.0421. The van der Waals surface area contributed by atoms with E-state index in [1.54, 1.807) is 12.1 Å². The van der Waals surface area contributed by atoms with Crippen LogP contribution in [0.1, 0.15) is 35.4 Å². The number of ether oxygens (including phenoxy) is 3. The Balaban J connectivity index is 1.49. The zero-order chi connectivity index (χ0) is 25.3. The Bertz CT molecular complexity index is 1350. The van der Waals surface area contributed by atoms with Gasteiger partial charge in [0.1, 0.15) is 17.6 Å². The summed E-state index contributed by atoms with van der Waals surface area (Å²) in [5.41, 5.74) is 0.434. The molecule has 3 aromatic rings. The van der Waals surface area contributed by atoms with Crippen LogP contribution in [0.2, 0.25) is 0 Å². The number of halogens is 3. The number of fused-ring (bicyclic) bond motifs is 1. The monoisotopic (exact) mass is 521 g/mol. The molecule has 12 heteroatoms. The Morgan fingerprint density at radius 2 is 1.86 bits per heavy atom. The Morgan fingerprint density at radius 3 is 2.58 bits per heavy atom. The van der Waals surface area contributed by atoms with Crippen molar-refractivity contribution >= 4 is 15.8 Å². The highest BCUT2D eigenvalue weighted by molar-refractivity contribution is 7.92. The number of nitrogens with one attached hydrogen (secondary N) is 1. The molecular formula is C24H22F3N3O5S. The van der Waals surface area contributed by atoms with Crippen LogP contribution in [0.25, 0.3) is 0 Å². The average Bonchev–Trinajstić information content (AvgIpc) is 3.36. The third-order valence-electron chi connectivity index (χ3n) is 6.04. The fourth-order valence-electron chi connectivity index (χ4n) is 4.30. The highest BCUT2D eigenvalue weighted by Gasteiger charge is 2.34. The molecule has 1 aromatic heterocycles. The number of anilines is 1. The van der Waals surface area contributed by atoms with Crippen LogP contribution >= 0.6 is 0 Å². The summed E-state index contributed by atoms with van der Waals surface area (Å²) in [6.45, 7) is 1.05. The van der Waals surface area contributed by atoms with Gasteiger partial charge in [0.2, 0.25) is 0 Å². The number of benzene rings is 2. The Morgan fingerprint density at radius 1 is 1.03 bits per heavy atom. The van der Waals surface area contributed by atoms with Crippen molar-refractivity contribution in [1.82, 2.24) is 10.2 Å². The second-order valence-corrected chi connectivity index (χ2v) is 10.1. The molecule has 1 unspecified atom stereocenters. The average molecular weight is 522 g/mol. The van der Waals surface area contributed by atoms with Crippen molar-refractivity contribution in [2.45, 2.75) is 35.9 Å². The van der Waals surface area contributed by atoms with Crippen LogP contribution in [0.5, 0.6) is 11.5 Å². The van der Waals surface area contributed by atoms with E-state index in [2.05, 4.69) is 14.9 Å². The first-order chi connectivity index (χ1) is 17.2. The molecule has 0 aliphatic carbocycles. The van der Waals surface area contributed by atoms with Crippen LogP contribution < -0.4 is 14.2 Å². The molecule has 0 bridgehead atoms. The van der Waals surface area contributed by atoms with Gasteiger partial charge < -0.3 is 14.2 Å². The van der Waals surface area contributed by atoms with Crippen LogP contribution in [0.15, 0.2) is 59.6 Å². The standard InChI is InChI=1S/C24H22F3N3O5S/c25-24(26,27)15-3-5-20(22(12-15)35-16-7-10-33-14-16)18-8-11-34-21-13-17(4-6-19(18)21)36(31,32)30-23-2-1-9-28-29-23/h1-6,9,12-13,16,18H,7-8,10-11,14H2,(H,29,30)/t16-,18?/m0/s1. The summed E-state index contributed by atoms with van der Waals surface area (Å²) in [6, 6.07) is 10.9. The van der Waals surface area contributed by atoms with Gasteiger partial charge in [-0.3, -0.25) is 4.72 Å². The molecule has 2 atom stereocenters. The highest BCUT2D eigenvalue weighted by atomic mass is 32.2. The van der Waals surface area contributed by atoms with Gasteiger partial charge in [-0.25, -0.2) is 8.42 Å². The number of aromatic nitrogens is 2. The maximum absolute atomic E-state index is 13.4. The van der Waals surface area contributed by atoms with E-state index in [0.717, 1.165) is 12.1 Å². The number of hydrogen-bond acceptors (Lipinski definition) is 7. The van der Waals surface area contributed by atoms with Gasteiger partial charge in [-0.05, 0) is 36.8 Å². The maximum Gasteiger partial charge on any atom is 0.416 e. The third kappa shape index (κ3) is 5.09. The Hall–Kier alpha value is -3.38. The summed E-state index contributed by atoms with van der Waals surface area (Å²) in [5.74, 6) is 0.192. The van der Waals surface area contributed by atoms with Crippen molar-refractivity contribution in [3.8, 4) is 11.5 Å². The molecule has 3 heterocycles. The number of alkyl halides is 3. The van der Waals surface area contributed by atoms with Crippen molar-refractivity contribution < 1.29 is 35.8 Å². The summed E-state index contributed by atoms with van der Waals surface area (Å²) in [5, 5.41) is 7.38. The lowest BCUT2D eigenvalue weighted by atomic mass is 9.85. The molecule has 0 spiro atoms.